The zero-order valence-electron chi connectivity index (χ0n) is 13.2. The zero-order chi connectivity index (χ0) is 15.5. The molecule has 1 aromatic carbocycles. The summed E-state index contributed by atoms with van der Waals surface area (Å²) in [5.41, 5.74) is 0.995. The predicted octanol–water partition coefficient (Wildman–Crippen LogP) is 0.963. The van der Waals surface area contributed by atoms with Crippen LogP contribution in [0.15, 0.2) is 30.3 Å². The number of anilines is 1. The van der Waals surface area contributed by atoms with Crippen molar-refractivity contribution in [3.63, 3.8) is 0 Å². The van der Waals surface area contributed by atoms with Gasteiger partial charge in [-0.25, -0.2) is 0 Å². The van der Waals surface area contributed by atoms with Gasteiger partial charge in [0, 0.05) is 39.3 Å². The number of para-hydroxylation sites is 1. The lowest BCUT2D eigenvalue weighted by Gasteiger charge is -2.35. The highest BCUT2D eigenvalue weighted by molar-refractivity contribution is 5.40. The van der Waals surface area contributed by atoms with Crippen molar-refractivity contribution >= 4 is 5.95 Å². The maximum absolute atomic E-state index is 5.74. The van der Waals surface area contributed by atoms with Crippen LogP contribution >= 0.6 is 0 Å². The van der Waals surface area contributed by atoms with Crippen LogP contribution in [0.2, 0.25) is 0 Å². The fourth-order valence-electron chi connectivity index (χ4n) is 3.32. The van der Waals surface area contributed by atoms with E-state index in [4.69, 9.17) is 4.74 Å². The molecule has 3 heterocycles. The molecule has 0 N–H and O–H groups in total. The molecule has 0 amide bonds. The molecule has 2 aliphatic rings. The van der Waals surface area contributed by atoms with Crippen molar-refractivity contribution in [2.45, 2.75) is 18.9 Å². The van der Waals surface area contributed by atoms with Crippen molar-refractivity contribution in [3.8, 4) is 5.69 Å². The molecule has 0 bridgehead atoms. The van der Waals surface area contributed by atoms with Crippen LogP contribution in [0.25, 0.3) is 5.69 Å². The minimum Gasteiger partial charge on any atom is -0.377 e. The quantitative estimate of drug-likeness (QED) is 0.838. The fourth-order valence-corrected chi connectivity index (χ4v) is 3.32. The molecular weight excluding hydrogens is 292 g/mol. The van der Waals surface area contributed by atoms with Gasteiger partial charge in [-0.15, -0.1) is 0 Å². The lowest BCUT2D eigenvalue weighted by molar-refractivity contribution is 0.0711. The van der Waals surface area contributed by atoms with Gasteiger partial charge < -0.3 is 9.64 Å². The Morgan fingerprint density at radius 2 is 1.91 bits per heavy atom. The molecule has 122 valence electrons. The van der Waals surface area contributed by atoms with Gasteiger partial charge in [0.25, 0.3) is 0 Å². The van der Waals surface area contributed by atoms with E-state index in [1.165, 1.54) is 12.8 Å². The molecule has 2 aromatic rings. The lowest BCUT2D eigenvalue weighted by Crippen LogP contribution is -2.49. The second-order valence-corrected chi connectivity index (χ2v) is 6.15. The molecule has 0 saturated carbocycles. The standard InChI is InChI=1S/C16H22N6O/c1-2-5-14(6-3-1)22-16(17-18-19-22)21-10-8-20(9-11-21)13-15-7-4-12-23-15/h1-3,5-6,15H,4,7-13H2. The summed E-state index contributed by atoms with van der Waals surface area (Å²) in [5.74, 6) is 0.827. The first-order chi connectivity index (χ1) is 11.4. The smallest absolute Gasteiger partial charge is 0.250 e. The minimum absolute atomic E-state index is 0.427. The van der Waals surface area contributed by atoms with Gasteiger partial charge in [-0.1, -0.05) is 23.3 Å². The number of nitrogens with zero attached hydrogens (tertiary/aromatic N) is 6. The number of tetrazole rings is 1. The normalized spacial score (nSPS) is 22.6. The molecule has 7 heteroatoms. The summed E-state index contributed by atoms with van der Waals surface area (Å²) in [5, 5.41) is 12.2. The van der Waals surface area contributed by atoms with E-state index in [1.54, 1.807) is 0 Å². The first kappa shape index (κ1) is 14.6. The Balaban J connectivity index is 1.40. The van der Waals surface area contributed by atoms with Gasteiger partial charge >= 0.3 is 0 Å². The van der Waals surface area contributed by atoms with Crippen molar-refractivity contribution in [2.24, 2.45) is 0 Å². The van der Waals surface area contributed by atoms with E-state index >= 15 is 0 Å². The van der Waals surface area contributed by atoms with Crippen molar-refractivity contribution in [2.75, 3.05) is 44.2 Å². The molecule has 23 heavy (non-hydrogen) atoms. The van der Waals surface area contributed by atoms with Gasteiger partial charge in [0.15, 0.2) is 0 Å². The minimum atomic E-state index is 0.427. The third kappa shape index (κ3) is 3.20. The van der Waals surface area contributed by atoms with Gasteiger partial charge in [-0.3, -0.25) is 4.90 Å². The van der Waals surface area contributed by atoms with E-state index in [0.717, 1.165) is 51.0 Å². The molecule has 4 rings (SSSR count). The molecule has 2 aliphatic heterocycles. The Bertz CT molecular complexity index is 617. The SMILES string of the molecule is c1ccc(-n2nnnc2N2CCN(CC3CCCO3)CC2)cc1. The Kier molecular flexibility index (Phi) is 4.21. The Hall–Kier alpha value is -1.99. The topological polar surface area (TPSA) is 59.3 Å². The van der Waals surface area contributed by atoms with Crippen LogP contribution in [-0.4, -0.2) is 70.5 Å². The summed E-state index contributed by atoms with van der Waals surface area (Å²) in [7, 11) is 0. The molecule has 1 atom stereocenters. The van der Waals surface area contributed by atoms with Crippen LogP contribution in [-0.2, 0) is 4.74 Å². The predicted molar refractivity (Wildman–Crippen MR) is 86.8 cm³/mol. The summed E-state index contributed by atoms with van der Waals surface area (Å²) >= 11 is 0. The number of rotatable bonds is 4. The van der Waals surface area contributed by atoms with E-state index in [0.29, 0.717) is 6.10 Å². The summed E-state index contributed by atoms with van der Waals surface area (Å²) in [6, 6.07) is 10.0. The summed E-state index contributed by atoms with van der Waals surface area (Å²) in [4.78, 5) is 4.75. The van der Waals surface area contributed by atoms with E-state index in [1.807, 2.05) is 35.0 Å². The van der Waals surface area contributed by atoms with Crippen LogP contribution < -0.4 is 4.90 Å². The van der Waals surface area contributed by atoms with Crippen molar-refractivity contribution in [1.29, 1.82) is 0 Å². The molecule has 0 spiro atoms. The Labute approximate surface area is 135 Å². The van der Waals surface area contributed by atoms with Gasteiger partial charge in [-0.2, -0.15) is 4.68 Å². The van der Waals surface area contributed by atoms with Crippen molar-refractivity contribution in [3.05, 3.63) is 30.3 Å². The van der Waals surface area contributed by atoms with Crippen LogP contribution in [0.3, 0.4) is 0 Å². The van der Waals surface area contributed by atoms with E-state index in [2.05, 4.69) is 25.3 Å². The third-order valence-corrected chi connectivity index (χ3v) is 4.59. The zero-order valence-corrected chi connectivity index (χ0v) is 13.2. The lowest BCUT2D eigenvalue weighted by atomic mass is 10.2. The van der Waals surface area contributed by atoms with E-state index < -0.39 is 0 Å². The highest BCUT2D eigenvalue weighted by Crippen LogP contribution is 2.18. The van der Waals surface area contributed by atoms with Gasteiger partial charge in [0.2, 0.25) is 5.95 Å². The Morgan fingerprint density at radius 3 is 2.65 bits per heavy atom. The maximum Gasteiger partial charge on any atom is 0.250 e. The number of hydrogen-bond acceptors (Lipinski definition) is 6. The monoisotopic (exact) mass is 314 g/mol. The van der Waals surface area contributed by atoms with Crippen LogP contribution in [0, 0.1) is 0 Å². The van der Waals surface area contributed by atoms with Crippen LogP contribution in [0.1, 0.15) is 12.8 Å². The fraction of sp³-hybridized carbons (Fsp3) is 0.562. The maximum atomic E-state index is 5.74. The molecule has 1 unspecified atom stereocenters. The number of ether oxygens (including phenoxy) is 1. The summed E-state index contributed by atoms with van der Waals surface area (Å²) < 4.78 is 7.56. The second kappa shape index (κ2) is 6.64. The first-order valence-electron chi connectivity index (χ1n) is 8.33. The summed E-state index contributed by atoms with van der Waals surface area (Å²) in [6.07, 6.45) is 2.83. The van der Waals surface area contributed by atoms with Gasteiger partial charge in [0.1, 0.15) is 0 Å². The van der Waals surface area contributed by atoms with Crippen LogP contribution in [0.4, 0.5) is 5.95 Å². The first-order valence-corrected chi connectivity index (χ1v) is 8.33. The number of benzene rings is 1. The molecule has 7 nitrogen and oxygen atoms in total. The Morgan fingerprint density at radius 1 is 1.09 bits per heavy atom. The van der Waals surface area contributed by atoms with Crippen LogP contribution in [0.5, 0.6) is 0 Å². The third-order valence-electron chi connectivity index (χ3n) is 4.59. The number of aromatic nitrogens is 4. The highest BCUT2D eigenvalue weighted by Gasteiger charge is 2.25. The summed E-state index contributed by atoms with van der Waals surface area (Å²) in [6.45, 7) is 5.93. The molecule has 2 fully saturated rings. The number of hydrogen-bond donors (Lipinski definition) is 0. The molecular formula is C16H22N6O. The molecule has 0 aliphatic carbocycles. The molecule has 1 aromatic heterocycles. The van der Waals surface area contributed by atoms with Gasteiger partial charge in [0.05, 0.1) is 11.8 Å². The molecule has 2 saturated heterocycles. The van der Waals surface area contributed by atoms with Crippen molar-refractivity contribution in [1.82, 2.24) is 25.1 Å². The molecule has 0 radical (unpaired) electrons. The van der Waals surface area contributed by atoms with E-state index in [-0.39, 0.29) is 0 Å². The van der Waals surface area contributed by atoms with E-state index in [9.17, 15) is 0 Å². The largest absolute Gasteiger partial charge is 0.377 e. The number of piperazine rings is 1. The van der Waals surface area contributed by atoms with Gasteiger partial charge in [-0.05, 0) is 35.4 Å². The highest BCUT2D eigenvalue weighted by atomic mass is 16.5. The second-order valence-electron chi connectivity index (χ2n) is 6.15. The van der Waals surface area contributed by atoms with Crippen molar-refractivity contribution < 1.29 is 4.74 Å². The average molecular weight is 314 g/mol. The average Bonchev–Trinajstić information content (AvgIpc) is 3.28.